The third kappa shape index (κ3) is 6.08. The molecule has 3 rings (SSSR count). The van der Waals surface area contributed by atoms with Gasteiger partial charge in [-0.3, -0.25) is 14.7 Å². The molecule has 0 radical (unpaired) electrons. The number of methoxy groups -OCH3 is 1. The fraction of sp³-hybridized carbons (Fsp3) is 0.273. The summed E-state index contributed by atoms with van der Waals surface area (Å²) in [6.07, 6.45) is 0. The molecule has 0 spiro atoms. The van der Waals surface area contributed by atoms with Gasteiger partial charge < -0.3 is 10.1 Å². The Morgan fingerprint density at radius 2 is 1.81 bits per heavy atom. The van der Waals surface area contributed by atoms with Gasteiger partial charge in [0.1, 0.15) is 5.75 Å². The van der Waals surface area contributed by atoms with Crippen molar-refractivity contribution >= 4 is 23.7 Å². The number of para-hydroxylation sites is 1. The minimum absolute atomic E-state index is 0.0145. The molecule has 0 aliphatic carbocycles. The summed E-state index contributed by atoms with van der Waals surface area (Å²) >= 11 is 1.20. The van der Waals surface area contributed by atoms with Crippen LogP contribution in [0.1, 0.15) is 20.8 Å². The van der Waals surface area contributed by atoms with E-state index in [2.05, 4.69) is 20.8 Å². The molecule has 0 bridgehead atoms. The number of thioether (sulfide) groups is 1. The van der Waals surface area contributed by atoms with Gasteiger partial charge in [-0.1, -0.05) is 42.1 Å². The number of ether oxygens (including phenoxy) is 1. The number of benzene rings is 2. The monoisotopic (exact) mass is 439 g/mol. The third-order valence-corrected chi connectivity index (χ3v) is 4.98. The lowest BCUT2D eigenvalue weighted by Crippen LogP contribution is -2.48. The molecule has 1 heterocycles. The van der Waals surface area contributed by atoms with E-state index in [1.165, 1.54) is 11.8 Å². The summed E-state index contributed by atoms with van der Waals surface area (Å²) in [7, 11) is 1.61. The fourth-order valence-corrected chi connectivity index (χ4v) is 3.54. The van der Waals surface area contributed by atoms with Gasteiger partial charge in [0, 0.05) is 16.8 Å². The highest BCUT2D eigenvalue weighted by atomic mass is 32.2. The molecular formula is C22H25N5O3S. The molecule has 0 fully saturated rings. The number of aromatic nitrogens is 3. The topological polar surface area (TPSA) is 98.1 Å². The average molecular weight is 440 g/mol. The summed E-state index contributed by atoms with van der Waals surface area (Å²) in [5.74, 6) is 0.926. The first kappa shape index (κ1) is 22.4. The molecule has 1 aromatic heterocycles. The van der Waals surface area contributed by atoms with Crippen LogP contribution in [-0.4, -0.2) is 45.1 Å². The minimum atomic E-state index is -0.528. The molecule has 2 N–H and O–H groups in total. The van der Waals surface area contributed by atoms with Gasteiger partial charge >= 0.3 is 6.03 Å². The van der Waals surface area contributed by atoms with Crippen LogP contribution in [0.5, 0.6) is 5.75 Å². The van der Waals surface area contributed by atoms with Crippen molar-refractivity contribution in [1.29, 1.82) is 0 Å². The molecule has 0 saturated carbocycles. The van der Waals surface area contributed by atoms with Crippen molar-refractivity contribution in [1.82, 2.24) is 25.4 Å². The largest absolute Gasteiger partial charge is 0.497 e. The van der Waals surface area contributed by atoms with E-state index in [0.717, 1.165) is 11.3 Å². The highest BCUT2D eigenvalue weighted by molar-refractivity contribution is 7.99. The zero-order chi connectivity index (χ0) is 22.4. The first-order valence-electron chi connectivity index (χ1n) is 9.67. The van der Waals surface area contributed by atoms with Crippen molar-refractivity contribution in [2.75, 3.05) is 12.9 Å². The van der Waals surface area contributed by atoms with Crippen molar-refractivity contribution in [2.24, 2.45) is 0 Å². The van der Waals surface area contributed by atoms with Gasteiger partial charge in [-0.25, -0.2) is 4.79 Å². The summed E-state index contributed by atoms with van der Waals surface area (Å²) in [5, 5.41) is 14.2. The Hall–Kier alpha value is -3.33. The van der Waals surface area contributed by atoms with Gasteiger partial charge in [0.25, 0.3) is 0 Å². The van der Waals surface area contributed by atoms with Gasteiger partial charge in [-0.2, -0.15) is 0 Å². The number of rotatable bonds is 6. The van der Waals surface area contributed by atoms with E-state index < -0.39 is 17.5 Å². The number of carbonyl (C=O) groups is 2. The second-order valence-electron chi connectivity index (χ2n) is 7.75. The molecule has 0 saturated heterocycles. The molecule has 2 aromatic carbocycles. The van der Waals surface area contributed by atoms with Crippen molar-refractivity contribution in [3.8, 4) is 22.8 Å². The maximum absolute atomic E-state index is 12.3. The predicted octanol–water partition coefficient (Wildman–Crippen LogP) is 3.66. The lowest BCUT2D eigenvalue weighted by molar-refractivity contribution is -0.117. The Bertz CT molecular complexity index is 1060. The molecule has 3 aromatic rings. The number of hydrogen-bond donors (Lipinski definition) is 2. The maximum atomic E-state index is 12.3. The zero-order valence-electron chi connectivity index (χ0n) is 17.9. The van der Waals surface area contributed by atoms with Crippen LogP contribution in [-0.2, 0) is 4.79 Å². The molecule has 9 heteroatoms. The van der Waals surface area contributed by atoms with Crippen molar-refractivity contribution in [3.63, 3.8) is 0 Å². The standard InChI is InChI=1S/C22H25N5O3S/c1-22(2,3)24-20(29)23-18(28)14-31-21-26-25-19(15-9-8-12-17(13-15)30-4)27(21)16-10-6-5-7-11-16/h5-13H,14H2,1-4H3,(H2,23,24,28,29). The summed E-state index contributed by atoms with van der Waals surface area (Å²) in [6, 6.07) is 16.6. The van der Waals surface area contributed by atoms with E-state index in [4.69, 9.17) is 4.74 Å². The van der Waals surface area contributed by atoms with Gasteiger partial charge in [0.2, 0.25) is 5.91 Å². The quantitative estimate of drug-likeness (QED) is 0.569. The predicted molar refractivity (Wildman–Crippen MR) is 120 cm³/mol. The van der Waals surface area contributed by atoms with Crippen molar-refractivity contribution < 1.29 is 14.3 Å². The van der Waals surface area contributed by atoms with Crippen molar-refractivity contribution in [2.45, 2.75) is 31.5 Å². The van der Waals surface area contributed by atoms with Crippen LogP contribution < -0.4 is 15.4 Å². The van der Waals surface area contributed by atoms with Crippen LogP contribution in [0.2, 0.25) is 0 Å². The van der Waals surface area contributed by atoms with Crippen LogP contribution in [0.3, 0.4) is 0 Å². The molecule has 8 nitrogen and oxygen atoms in total. The SMILES string of the molecule is COc1cccc(-c2nnc(SCC(=O)NC(=O)NC(C)(C)C)n2-c2ccccc2)c1. The van der Waals surface area contributed by atoms with E-state index >= 15 is 0 Å². The van der Waals surface area contributed by atoms with Gasteiger partial charge in [-0.15, -0.1) is 10.2 Å². The normalized spacial score (nSPS) is 11.1. The summed E-state index contributed by atoms with van der Waals surface area (Å²) in [5.41, 5.74) is 1.26. The van der Waals surface area contributed by atoms with E-state index in [1.54, 1.807) is 7.11 Å². The summed E-state index contributed by atoms with van der Waals surface area (Å²) in [6.45, 7) is 5.52. The molecule has 0 aliphatic heterocycles. The Morgan fingerprint density at radius 1 is 1.06 bits per heavy atom. The van der Waals surface area contributed by atoms with Crippen LogP contribution >= 0.6 is 11.8 Å². The van der Waals surface area contributed by atoms with Gasteiger partial charge in [0.05, 0.1) is 12.9 Å². The fourth-order valence-electron chi connectivity index (χ4n) is 2.79. The smallest absolute Gasteiger partial charge is 0.321 e. The molecule has 0 unspecified atom stereocenters. The van der Waals surface area contributed by atoms with Crippen LogP contribution in [0.4, 0.5) is 4.79 Å². The lowest BCUT2D eigenvalue weighted by atomic mass is 10.1. The van der Waals surface area contributed by atoms with Gasteiger partial charge in [-0.05, 0) is 45.0 Å². The number of carbonyl (C=O) groups excluding carboxylic acids is 2. The number of amides is 3. The zero-order valence-corrected chi connectivity index (χ0v) is 18.7. The highest BCUT2D eigenvalue weighted by Crippen LogP contribution is 2.29. The van der Waals surface area contributed by atoms with Crippen molar-refractivity contribution in [3.05, 3.63) is 54.6 Å². The first-order chi connectivity index (χ1) is 14.8. The molecular weight excluding hydrogens is 414 g/mol. The second kappa shape index (κ2) is 9.65. The Morgan fingerprint density at radius 3 is 2.48 bits per heavy atom. The average Bonchev–Trinajstić information content (AvgIpc) is 3.15. The van der Waals surface area contributed by atoms with Gasteiger partial charge in [0.15, 0.2) is 11.0 Å². The Labute approximate surface area is 185 Å². The first-order valence-corrected chi connectivity index (χ1v) is 10.7. The Balaban J connectivity index is 1.83. The summed E-state index contributed by atoms with van der Waals surface area (Å²) in [4.78, 5) is 24.2. The number of nitrogens with one attached hydrogen (secondary N) is 2. The molecule has 3 amide bonds. The molecule has 0 atom stereocenters. The number of nitrogens with zero attached hydrogens (tertiary/aromatic N) is 3. The van der Waals surface area contributed by atoms with E-state index in [0.29, 0.717) is 16.7 Å². The van der Waals surface area contributed by atoms with Crippen LogP contribution in [0, 0.1) is 0 Å². The maximum Gasteiger partial charge on any atom is 0.321 e. The molecule has 31 heavy (non-hydrogen) atoms. The summed E-state index contributed by atoms with van der Waals surface area (Å²) < 4.78 is 7.20. The third-order valence-electron chi connectivity index (χ3n) is 4.05. The minimum Gasteiger partial charge on any atom is -0.497 e. The van der Waals surface area contributed by atoms with E-state index in [9.17, 15) is 9.59 Å². The molecule has 0 aliphatic rings. The highest BCUT2D eigenvalue weighted by Gasteiger charge is 2.19. The van der Waals surface area contributed by atoms with Crippen LogP contribution in [0.25, 0.3) is 17.1 Å². The lowest BCUT2D eigenvalue weighted by Gasteiger charge is -2.20. The number of imide groups is 1. The van der Waals surface area contributed by atoms with Crippen LogP contribution in [0.15, 0.2) is 59.8 Å². The number of urea groups is 1. The van der Waals surface area contributed by atoms with E-state index in [-0.39, 0.29) is 5.75 Å². The number of hydrogen-bond acceptors (Lipinski definition) is 6. The second-order valence-corrected chi connectivity index (χ2v) is 8.69. The van der Waals surface area contributed by atoms with E-state index in [1.807, 2.05) is 79.9 Å². The molecule has 162 valence electrons. The Kier molecular flexibility index (Phi) is 6.96.